The van der Waals surface area contributed by atoms with Crippen LogP contribution in [0.3, 0.4) is 0 Å². The molecule has 0 spiro atoms. The van der Waals surface area contributed by atoms with E-state index in [0.29, 0.717) is 32.1 Å². The van der Waals surface area contributed by atoms with Gasteiger partial charge in [0.2, 0.25) is 5.91 Å². The summed E-state index contributed by atoms with van der Waals surface area (Å²) in [5.74, 6) is 0.0141. The van der Waals surface area contributed by atoms with Crippen LogP contribution in [0.1, 0.15) is 44.9 Å². The molecule has 2 fully saturated rings. The molecule has 0 aromatic heterocycles. The summed E-state index contributed by atoms with van der Waals surface area (Å²) >= 11 is 0. The Bertz CT molecular complexity index is 336. The minimum atomic E-state index is -0.829. The Hall–Kier alpha value is -1.08. The van der Waals surface area contributed by atoms with E-state index in [1.165, 1.54) is 19.3 Å². The number of amides is 1. The van der Waals surface area contributed by atoms with Crippen LogP contribution in [0.15, 0.2) is 0 Å². The van der Waals surface area contributed by atoms with Gasteiger partial charge in [0, 0.05) is 26.3 Å². The predicted molar refractivity (Wildman–Crippen MR) is 67.7 cm³/mol. The van der Waals surface area contributed by atoms with Gasteiger partial charge in [-0.1, -0.05) is 19.3 Å². The maximum absolute atomic E-state index is 12.6. The zero-order chi connectivity index (χ0) is 13.0. The normalized spacial score (nSPS) is 24.2. The van der Waals surface area contributed by atoms with E-state index >= 15 is 0 Å². The van der Waals surface area contributed by atoms with Gasteiger partial charge in [0.25, 0.3) is 0 Å². The zero-order valence-electron chi connectivity index (χ0n) is 11.2. The van der Waals surface area contributed by atoms with E-state index in [1.54, 1.807) is 0 Å². The first kappa shape index (κ1) is 13.4. The van der Waals surface area contributed by atoms with Crippen molar-refractivity contribution in [2.45, 2.75) is 51.0 Å². The highest BCUT2D eigenvalue weighted by molar-refractivity contribution is 5.85. The number of hydrogen-bond acceptors (Lipinski definition) is 3. The number of ether oxygens (including phenoxy) is 1. The first-order valence-corrected chi connectivity index (χ1v) is 6.96. The van der Waals surface area contributed by atoms with Crippen LogP contribution >= 0.6 is 0 Å². The molecule has 0 N–H and O–H groups in total. The van der Waals surface area contributed by atoms with Gasteiger partial charge in [-0.15, -0.1) is 0 Å². The first-order valence-electron chi connectivity index (χ1n) is 6.96. The summed E-state index contributed by atoms with van der Waals surface area (Å²) in [6.07, 6.45) is 6.92. The van der Waals surface area contributed by atoms with Crippen molar-refractivity contribution in [3.05, 3.63) is 0 Å². The number of carbonyl (C=O) groups is 1. The van der Waals surface area contributed by atoms with Crippen LogP contribution < -0.4 is 0 Å². The zero-order valence-corrected chi connectivity index (χ0v) is 11.2. The Morgan fingerprint density at radius 2 is 1.89 bits per heavy atom. The smallest absolute Gasteiger partial charge is 0.243 e. The molecule has 1 saturated heterocycles. The standard InChI is InChI=1S/C14H22N2O2/c1-16(12-5-3-2-4-6-12)13(17)14(11-15)7-9-18-10-8-14/h12H,2-10H2,1H3. The fourth-order valence-corrected chi connectivity index (χ4v) is 3.07. The molecule has 1 aliphatic carbocycles. The molecule has 1 saturated carbocycles. The Balaban J connectivity index is 2.06. The second-order valence-electron chi connectivity index (χ2n) is 5.51. The Morgan fingerprint density at radius 3 is 2.44 bits per heavy atom. The molecule has 0 atom stereocenters. The van der Waals surface area contributed by atoms with Crippen molar-refractivity contribution >= 4 is 5.91 Å². The second kappa shape index (κ2) is 5.71. The number of nitriles is 1. The lowest BCUT2D eigenvalue weighted by Gasteiger charge is -2.38. The van der Waals surface area contributed by atoms with E-state index in [-0.39, 0.29) is 5.91 Å². The molecule has 2 rings (SSSR count). The molecule has 100 valence electrons. The summed E-state index contributed by atoms with van der Waals surface area (Å²) in [4.78, 5) is 14.4. The van der Waals surface area contributed by atoms with E-state index in [0.717, 1.165) is 12.8 Å². The molecule has 1 aliphatic heterocycles. The van der Waals surface area contributed by atoms with Gasteiger partial charge >= 0.3 is 0 Å². The minimum Gasteiger partial charge on any atom is -0.381 e. The van der Waals surface area contributed by atoms with Gasteiger partial charge in [-0.25, -0.2) is 0 Å². The molecule has 2 aliphatic rings. The number of nitrogens with zero attached hydrogens (tertiary/aromatic N) is 2. The molecule has 0 unspecified atom stereocenters. The van der Waals surface area contributed by atoms with E-state index in [9.17, 15) is 10.1 Å². The van der Waals surface area contributed by atoms with E-state index in [2.05, 4.69) is 6.07 Å². The van der Waals surface area contributed by atoms with Gasteiger partial charge in [-0.05, 0) is 25.7 Å². The molecule has 0 radical (unpaired) electrons. The third-order valence-corrected chi connectivity index (χ3v) is 4.41. The van der Waals surface area contributed by atoms with Gasteiger partial charge in [0.05, 0.1) is 6.07 Å². The molecular weight excluding hydrogens is 228 g/mol. The summed E-state index contributed by atoms with van der Waals surface area (Å²) in [5, 5.41) is 9.41. The van der Waals surface area contributed by atoms with Crippen LogP contribution in [0.25, 0.3) is 0 Å². The average Bonchev–Trinajstić information content (AvgIpc) is 2.47. The molecule has 0 bridgehead atoms. The Morgan fingerprint density at radius 1 is 1.28 bits per heavy atom. The maximum atomic E-state index is 12.6. The summed E-state index contributed by atoms with van der Waals surface area (Å²) in [7, 11) is 1.87. The van der Waals surface area contributed by atoms with Crippen molar-refractivity contribution in [1.29, 1.82) is 5.26 Å². The van der Waals surface area contributed by atoms with Crippen LogP contribution in [0.5, 0.6) is 0 Å². The van der Waals surface area contributed by atoms with Crippen molar-refractivity contribution in [3.63, 3.8) is 0 Å². The average molecular weight is 250 g/mol. The fraction of sp³-hybridized carbons (Fsp3) is 0.857. The SMILES string of the molecule is CN(C(=O)C1(C#N)CCOCC1)C1CCCCC1. The highest BCUT2D eigenvalue weighted by Gasteiger charge is 2.43. The summed E-state index contributed by atoms with van der Waals surface area (Å²) in [6, 6.07) is 2.60. The summed E-state index contributed by atoms with van der Waals surface area (Å²) in [5.41, 5.74) is -0.829. The fourth-order valence-electron chi connectivity index (χ4n) is 3.07. The minimum absolute atomic E-state index is 0.0141. The van der Waals surface area contributed by atoms with E-state index in [4.69, 9.17) is 4.74 Å². The summed E-state index contributed by atoms with van der Waals surface area (Å²) < 4.78 is 5.28. The number of carbonyl (C=O) groups excluding carboxylic acids is 1. The highest BCUT2D eigenvalue weighted by atomic mass is 16.5. The lowest BCUT2D eigenvalue weighted by molar-refractivity contribution is -0.144. The largest absolute Gasteiger partial charge is 0.381 e. The lowest BCUT2D eigenvalue weighted by atomic mass is 9.79. The van der Waals surface area contributed by atoms with Gasteiger partial charge in [0.15, 0.2) is 0 Å². The van der Waals surface area contributed by atoms with Gasteiger partial charge in [-0.2, -0.15) is 5.26 Å². The predicted octanol–water partition coefficient (Wildman–Crippen LogP) is 2.10. The second-order valence-corrected chi connectivity index (χ2v) is 5.51. The highest BCUT2D eigenvalue weighted by Crippen LogP contribution is 2.33. The van der Waals surface area contributed by atoms with Crippen molar-refractivity contribution in [1.82, 2.24) is 4.90 Å². The number of hydrogen-bond donors (Lipinski definition) is 0. The van der Waals surface area contributed by atoms with Gasteiger partial charge in [-0.3, -0.25) is 4.79 Å². The molecule has 1 amide bonds. The molecule has 4 nitrogen and oxygen atoms in total. The van der Waals surface area contributed by atoms with Crippen molar-refractivity contribution in [3.8, 4) is 6.07 Å². The van der Waals surface area contributed by atoms with Crippen molar-refractivity contribution < 1.29 is 9.53 Å². The third-order valence-electron chi connectivity index (χ3n) is 4.41. The lowest BCUT2D eigenvalue weighted by Crippen LogP contribution is -2.48. The summed E-state index contributed by atoms with van der Waals surface area (Å²) in [6.45, 7) is 1.05. The Kier molecular flexibility index (Phi) is 4.23. The molecule has 0 aromatic carbocycles. The van der Waals surface area contributed by atoms with Crippen LogP contribution in [0, 0.1) is 16.7 Å². The molecule has 0 aromatic rings. The van der Waals surface area contributed by atoms with E-state index < -0.39 is 5.41 Å². The quantitative estimate of drug-likeness (QED) is 0.754. The van der Waals surface area contributed by atoms with Gasteiger partial charge in [0.1, 0.15) is 5.41 Å². The van der Waals surface area contributed by atoms with E-state index in [1.807, 2.05) is 11.9 Å². The van der Waals surface area contributed by atoms with Crippen LogP contribution in [0.2, 0.25) is 0 Å². The van der Waals surface area contributed by atoms with Crippen LogP contribution in [-0.2, 0) is 9.53 Å². The molecule has 18 heavy (non-hydrogen) atoms. The number of rotatable bonds is 2. The van der Waals surface area contributed by atoms with Crippen molar-refractivity contribution in [2.75, 3.05) is 20.3 Å². The Labute approximate surface area is 109 Å². The van der Waals surface area contributed by atoms with Crippen LogP contribution in [0.4, 0.5) is 0 Å². The van der Waals surface area contributed by atoms with Crippen molar-refractivity contribution in [2.24, 2.45) is 5.41 Å². The maximum Gasteiger partial charge on any atom is 0.243 e. The monoisotopic (exact) mass is 250 g/mol. The first-order chi connectivity index (χ1) is 8.69. The van der Waals surface area contributed by atoms with Gasteiger partial charge < -0.3 is 9.64 Å². The molecule has 1 heterocycles. The molecular formula is C14H22N2O2. The molecule has 4 heteroatoms. The third kappa shape index (κ3) is 2.51. The topological polar surface area (TPSA) is 53.3 Å². The van der Waals surface area contributed by atoms with Crippen LogP contribution in [-0.4, -0.2) is 37.1 Å².